The molecule has 0 radical (unpaired) electrons. The van der Waals surface area contributed by atoms with E-state index in [0.717, 1.165) is 42.3 Å². The molecule has 4 rings (SSSR count). The summed E-state index contributed by atoms with van der Waals surface area (Å²) in [7, 11) is -4.11. The predicted octanol–water partition coefficient (Wildman–Crippen LogP) is 3.74. The number of nitrogen functional groups attached to an aromatic ring is 1. The number of hydrogen-bond acceptors (Lipinski definition) is 5. The molecule has 0 bridgehead atoms. The van der Waals surface area contributed by atoms with E-state index in [1.165, 1.54) is 12.1 Å². The van der Waals surface area contributed by atoms with Crippen LogP contribution in [-0.2, 0) is 21.2 Å². The Kier molecular flexibility index (Phi) is 7.13. The van der Waals surface area contributed by atoms with Crippen LogP contribution in [0.15, 0.2) is 41.6 Å². The minimum Gasteiger partial charge on any atom is -0.396 e. The fourth-order valence-electron chi connectivity index (χ4n) is 4.00. The van der Waals surface area contributed by atoms with Gasteiger partial charge in [0, 0.05) is 13.1 Å². The number of H-pyrrole nitrogens is 1. The number of nitrogens with zero attached hydrogens (tertiary/aromatic N) is 2. The normalized spacial score (nSPS) is 16.0. The lowest BCUT2D eigenvalue weighted by Crippen LogP contribution is -2.50. The summed E-state index contributed by atoms with van der Waals surface area (Å²) in [6.45, 7) is 1.21. The highest BCUT2D eigenvalue weighted by molar-refractivity contribution is 7.89. The van der Waals surface area contributed by atoms with E-state index in [1.54, 1.807) is 11.2 Å². The lowest BCUT2D eigenvalue weighted by Gasteiger charge is -2.27. The molecule has 1 amide bonds. The number of halogens is 2. The third kappa shape index (κ3) is 5.43. The van der Waals surface area contributed by atoms with Crippen molar-refractivity contribution in [1.82, 2.24) is 19.6 Å². The first-order valence-corrected chi connectivity index (χ1v) is 13.0. The van der Waals surface area contributed by atoms with Crippen LogP contribution in [0, 0.1) is 0 Å². The van der Waals surface area contributed by atoms with Gasteiger partial charge in [0.1, 0.15) is 6.04 Å². The summed E-state index contributed by atoms with van der Waals surface area (Å²) in [6.07, 6.45) is 5.66. The number of imidazole rings is 1. The number of nitrogens with two attached hydrogens (primary N) is 1. The van der Waals surface area contributed by atoms with Gasteiger partial charge < -0.3 is 15.6 Å². The zero-order valence-corrected chi connectivity index (χ0v) is 20.2. The summed E-state index contributed by atoms with van der Waals surface area (Å²) in [5, 5.41) is 0.0597. The number of hydrogen-bond donors (Lipinski definition) is 3. The number of sulfonamides is 1. The molecule has 1 aliphatic heterocycles. The first kappa shape index (κ1) is 23.8. The van der Waals surface area contributed by atoms with Crippen LogP contribution < -0.4 is 10.5 Å². The number of carbonyl (C=O) groups excluding carboxylic acids is 1. The Hall–Kier alpha value is -2.33. The van der Waals surface area contributed by atoms with E-state index in [-0.39, 0.29) is 33.0 Å². The van der Waals surface area contributed by atoms with Gasteiger partial charge in [-0.3, -0.25) is 4.79 Å². The predicted molar refractivity (Wildman–Crippen MR) is 130 cm³/mol. The molecule has 3 aromatic rings. The molecule has 2 aromatic carbocycles. The number of likely N-dealkylation sites (tertiary alicyclic amines) is 1. The standard InChI is InChI=1S/C22H25Cl2N5O3S/c23-16-11-15(12-17(24)21(16)25)33(31,32)28-20(22(30)29-7-3-1-2-4-8-29)10-14-5-6-18-19(9-14)27-13-26-18/h5-6,9,11-13,20,28H,1-4,7-8,10,25H2,(H,26,27). The molecular weight excluding hydrogens is 485 g/mol. The van der Waals surface area contributed by atoms with E-state index in [0.29, 0.717) is 13.1 Å². The Morgan fingerprint density at radius 1 is 1.12 bits per heavy atom. The summed E-state index contributed by atoms with van der Waals surface area (Å²) >= 11 is 12.1. The quantitative estimate of drug-likeness (QED) is 0.437. The van der Waals surface area contributed by atoms with Gasteiger partial charge in [-0.1, -0.05) is 42.1 Å². The minimum absolute atomic E-state index is 0.0299. The molecule has 8 nitrogen and oxygen atoms in total. The number of carbonyl (C=O) groups is 1. The van der Waals surface area contributed by atoms with Crippen LogP contribution in [0.5, 0.6) is 0 Å². The Morgan fingerprint density at radius 3 is 2.45 bits per heavy atom. The largest absolute Gasteiger partial charge is 0.396 e. The molecule has 1 fully saturated rings. The molecule has 1 atom stereocenters. The van der Waals surface area contributed by atoms with E-state index in [1.807, 2.05) is 18.2 Å². The molecule has 0 saturated carbocycles. The van der Waals surface area contributed by atoms with E-state index in [2.05, 4.69) is 14.7 Å². The number of anilines is 1. The highest BCUT2D eigenvalue weighted by Gasteiger charge is 2.30. The maximum atomic E-state index is 13.5. The van der Waals surface area contributed by atoms with Crippen molar-refractivity contribution in [3.63, 3.8) is 0 Å². The molecule has 4 N–H and O–H groups in total. The summed E-state index contributed by atoms with van der Waals surface area (Å²) in [5.41, 5.74) is 8.24. The van der Waals surface area contributed by atoms with Crippen LogP contribution in [0.2, 0.25) is 10.0 Å². The third-order valence-corrected chi connectivity index (χ3v) is 7.88. The van der Waals surface area contributed by atoms with Crippen LogP contribution in [-0.4, -0.2) is 48.3 Å². The Labute approximate surface area is 202 Å². The number of nitrogens with one attached hydrogen (secondary N) is 2. The second kappa shape index (κ2) is 9.89. The van der Waals surface area contributed by atoms with Crippen molar-refractivity contribution in [3.8, 4) is 0 Å². The van der Waals surface area contributed by atoms with E-state index < -0.39 is 16.1 Å². The van der Waals surface area contributed by atoms with Gasteiger partial charge in [0.15, 0.2) is 0 Å². The second-order valence-corrected chi connectivity index (χ2v) is 10.7. The van der Waals surface area contributed by atoms with Crippen molar-refractivity contribution in [2.24, 2.45) is 0 Å². The lowest BCUT2D eigenvalue weighted by molar-refractivity contribution is -0.132. The molecule has 2 heterocycles. The van der Waals surface area contributed by atoms with Crippen molar-refractivity contribution >= 4 is 55.9 Å². The summed E-state index contributed by atoms with van der Waals surface area (Å²) in [5.74, 6) is -0.254. The summed E-state index contributed by atoms with van der Waals surface area (Å²) in [6, 6.07) is 7.02. The maximum absolute atomic E-state index is 13.5. The Bertz CT molecular complexity index is 1250. The molecule has 0 spiro atoms. The molecule has 1 saturated heterocycles. The fourth-order valence-corrected chi connectivity index (χ4v) is 5.86. The first-order valence-electron chi connectivity index (χ1n) is 10.7. The number of rotatable bonds is 6. The monoisotopic (exact) mass is 509 g/mol. The van der Waals surface area contributed by atoms with Gasteiger partial charge in [0.05, 0.1) is 38.0 Å². The lowest BCUT2D eigenvalue weighted by atomic mass is 10.0. The van der Waals surface area contributed by atoms with Gasteiger partial charge >= 0.3 is 0 Å². The van der Waals surface area contributed by atoms with Gasteiger partial charge in [-0.05, 0) is 49.1 Å². The van der Waals surface area contributed by atoms with Gasteiger partial charge in [0.25, 0.3) is 0 Å². The minimum atomic E-state index is -4.11. The summed E-state index contributed by atoms with van der Waals surface area (Å²) in [4.78, 5) is 22.3. The maximum Gasteiger partial charge on any atom is 0.241 e. The Balaban J connectivity index is 1.65. The first-order chi connectivity index (χ1) is 15.7. The van der Waals surface area contributed by atoms with E-state index in [9.17, 15) is 13.2 Å². The third-order valence-electron chi connectivity index (χ3n) is 5.80. The number of aromatic nitrogens is 2. The fraction of sp³-hybridized carbons (Fsp3) is 0.364. The smallest absolute Gasteiger partial charge is 0.241 e. The molecule has 1 aliphatic rings. The zero-order valence-electron chi connectivity index (χ0n) is 17.9. The molecule has 33 heavy (non-hydrogen) atoms. The van der Waals surface area contributed by atoms with Crippen molar-refractivity contribution in [3.05, 3.63) is 52.3 Å². The van der Waals surface area contributed by atoms with Gasteiger partial charge in [-0.15, -0.1) is 0 Å². The van der Waals surface area contributed by atoms with E-state index >= 15 is 0 Å². The van der Waals surface area contributed by atoms with Crippen LogP contribution >= 0.6 is 23.2 Å². The van der Waals surface area contributed by atoms with Gasteiger partial charge in [-0.2, -0.15) is 4.72 Å². The molecule has 1 aromatic heterocycles. The topological polar surface area (TPSA) is 121 Å². The SMILES string of the molecule is Nc1c(Cl)cc(S(=O)(=O)NC(Cc2ccc3[nH]cnc3c2)C(=O)N2CCCCCC2)cc1Cl. The van der Waals surface area contributed by atoms with Crippen molar-refractivity contribution < 1.29 is 13.2 Å². The number of amides is 1. The van der Waals surface area contributed by atoms with Crippen LogP contribution in [0.25, 0.3) is 11.0 Å². The Morgan fingerprint density at radius 2 is 1.79 bits per heavy atom. The van der Waals surface area contributed by atoms with Crippen molar-refractivity contribution in [2.75, 3.05) is 18.8 Å². The molecular formula is C22H25Cl2N5O3S. The number of fused-ring (bicyclic) bond motifs is 1. The number of benzene rings is 2. The molecule has 0 aliphatic carbocycles. The van der Waals surface area contributed by atoms with Crippen molar-refractivity contribution in [2.45, 2.75) is 43.0 Å². The van der Waals surface area contributed by atoms with Crippen LogP contribution in [0.4, 0.5) is 5.69 Å². The number of aromatic amines is 1. The molecule has 176 valence electrons. The van der Waals surface area contributed by atoms with Gasteiger partial charge in [0.2, 0.25) is 15.9 Å². The molecule has 11 heteroatoms. The highest BCUT2D eigenvalue weighted by Crippen LogP contribution is 2.31. The van der Waals surface area contributed by atoms with E-state index in [4.69, 9.17) is 28.9 Å². The van der Waals surface area contributed by atoms with Crippen LogP contribution in [0.3, 0.4) is 0 Å². The second-order valence-electron chi connectivity index (χ2n) is 8.17. The average molecular weight is 510 g/mol. The molecule has 1 unspecified atom stereocenters. The van der Waals surface area contributed by atoms with Crippen molar-refractivity contribution in [1.29, 1.82) is 0 Å². The highest BCUT2D eigenvalue weighted by atomic mass is 35.5. The average Bonchev–Trinajstić information content (AvgIpc) is 3.07. The van der Waals surface area contributed by atoms with Crippen LogP contribution in [0.1, 0.15) is 31.2 Å². The summed E-state index contributed by atoms with van der Waals surface area (Å²) < 4.78 is 29.0. The van der Waals surface area contributed by atoms with Gasteiger partial charge in [-0.25, -0.2) is 13.4 Å². The zero-order chi connectivity index (χ0) is 23.6.